The highest BCUT2D eigenvalue weighted by Gasteiger charge is 2.32. The number of nitrogens with zero attached hydrogens (tertiary/aromatic N) is 1. The monoisotopic (exact) mass is 325 g/mol. The number of benzene rings is 2. The summed E-state index contributed by atoms with van der Waals surface area (Å²) in [5.41, 5.74) is 4.35. The number of fused-ring (bicyclic) bond motifs is 1. The number of rotatable bonds is 4. The van der Waals surface area contributed by atoms with Gasteiger partial charge in [0.25, 0.3) is 11.8 Å². The lowest BCUT2D eigenvalue weighted by molar-refractivity contribution is 0.0482. The van der Waals surface area contributed by atoms with Crippen molar-refractivity contribution in [3.05, 3.63) is 59.7 Å². The number of carbonyl (C=O) groups is 2. The molecule has 1 aliphatic rings. The quantitative estimate of drug-likeness (QED) is 0.807. The average Bonchev–Trinajstić information content (AvgIpc) is 2.59. The molecule has 2 amide bonds. The highest BCUT2D eigenvalue weighted by molar-refractivity contribution is 6.03. The molecule has 3 rings (SSSR count). The maximum atomic E-state index is 12.8. The minimum atomic E-state index is -0.398. The summed E-state index contributed by atoms with van der Waals surface area (Å²) in [4.78, 5) is 25.2. The van der Waals surface area contributed by atoms with Crippen molar-refractivity contribution in [3.8, 4) is 5.75 Å². The number of nitrogens with one attached hydrogen (secondary N) is 2. The molecular formula is C18H19N3O3. The second-order valence-electron chi connectivity index (χ2n) is 5.66. The molecule has 0 aromatic heterocycles. The zero-order valence-electron chi connectivity index (χ0n) is 13.3. The van der Waals surface area contributed by atoms with Crippen molar-refractivity contribution < 1.29 is 14.7 Å². The summed E-state index contributed by atoms with van der Waals surface area (Å²) < 4.78 is 0. The SMILES string of the molecule is CCCC1Nc2ccccc2C(=O)N1NC(=O)c1ccc(O)cc1. The Balaban J connectivity index is 1.85. The molecule has 3 N–H and O–H groups in total. The number of hydrogen-bond donors (Lipinski definition) is 3. The number of amides is 2. The largest absolute Gasteiger partial charge is 0.508 e. The van der Waals surface area contributed by atoms with E-state index in [-0.39, 0.29) is 17.8 Å². The molecule has 2 aromatic rings. The van der Waals surface area contributed by atoms with Crippen molar-refractivity contribution in [2.45, 2.75) is 25.9 Å². The normalized spacial score (nSPS) is 16.3. The molecule has 0 fully saturated rings. The van der Waals surface area contributed by atoms with Crippen LogP contribution in [0, 0.1) is 0 Å². The fourth-order valence-electron chi connectivity index (χ4n) is 2.70. The van der Waals surface area contributed by atoms with E-state index < -0.39 is 5.91 Å². The lowest BCUT2D eigenvalue weighted by atomic mass is 10.1. The first-order chi connectivity index (χ1) is 11.6. The zero-order chi connectivity index (χ0) is 17.1. The second kappa shape index (κ2) is 6.62. The zero-order valence-corrected chi connectivity index (χ0v) is 13.3. The van der Waals surface area contributed by atoms with Gasteiger partial charge in [-0.3, -0.25) is 15.0 Å². The molecule has 0 spiro atoms. The predicted molar refractivity (Wildman–Crippen MR) is 90.5 cm³/mol. The first kappa shape index (κ1) is 15.9. The van der Waals surface area contributed by atoms with Crippen molar-refractivity contribution >= 4 is 17.5 Å². The van der Waals surface area contributed by atoms with E-state index in [0.29, 0.717) is 17.5 Å². The minimum absolute atomic E-state index is 0.0834. The summed E-state index contributed by atoms with van der Waals surface area (Å²) in [6.07, 6.45) is 1.26. The van der Waals surface area contributed by atoms with Crippen LogP contribution in [0.3, 0.4) is 0 Å². The molecule has 0 saturated heterocycles. The van der Waals surface area contributed by atoms with E-state index in [4.69, 9.17) is 0 Å². The van der Waals surface area contributed by atoms with Crippen LogP contribution in [0.2, 0.25) is 0 Å². The highest BCUT2D eigenvalue weighted by Crippen LogP contribution is 2.25. The van der Waals surface area contributed by atoms with Crippen LogP contribution in [0.5, 0.6) is 5.75 Å². The summed E-state index contributed by atoms with van der Waals surface area (Å²) in [5.74, 6) is -0.555. The van der Waals surface area contributed by atoms with Gasteiger partial charge in [0.2, 0.25) is 0 Å². The summed E-state index contributed by atoms with van der Waals surface area (Å²) in [5, 5.41) is 14.0. The van der Waals surface area contributed by atoms with Gasteiger partial charge in [0.15, 0.2) is 0 Å². The molecule has 0 radical (unpaired) electrons. The smallest absolute Gasteiger partial charge is 0.276 e. The van der Waals surface area contributed by atoms with Crippen LogP contribution < -0.4 is 10.7 Å². The Morgan fingerprint density at radius 2 is 1.92 bits per heavy atom. The third-order valence-corrected chi connectivity index (χ3v) is 3.92. The molecule has 1 atom stereocenters. The van der Waals surface area contributed by atoms with E-state index in [2.05, 4.69) is 10.7 Å². The number of phenolic OH excluding ortho intramolecular Hbond substituents is 1. The Hall–Kier alpha value is -3.02. The number of hydrogen-bond acceptors (Lipinski definition) is 4. The molecule has 0 aliphatic carbocycles. The molecule has 2 aromatic carbocycles. The van der Waals surface area contributed by atoms with Gasteiger partial charge in [-0.2, -0.15) is 0 Å². The van der Waals surface area contributed by atoms with Crippen molar-refractivity contribution in [2.75, 3.05) is 5.32 Å². The summed E-state index contributed by atoms with van der Waals surface area (Å²) in [6.45, 7) is 2.02. The van der Waals surface area contributed by atoms with Crippen molar-refractivity contribution in [1.29, 1.82) is 0 Å². The number of aromatic hydroxyl groups is 1. The summed E-state index contributed by atoms with van der Waals surface area (Å²) in [6, 6.07) is 13.1. The van der Waals surface area contributed by atoms with Crippen molar-refractivity contribution in [2.24, 2.45) is 0 Å². The van der Waals surface area contributed by atoms with Crippen LogP contribution >= 0.6 is 0 Å². The van der Waals surface area contributed by atoms with Gasteiger partial charge in [0, 0.05) is 11.3 Å². The molecule has 24 heavy (non-hydrogen) atoms. The van der Waals surface area contributed by atoms with Gasteiger partial charge in [0.1, 0.15) is 11.9 Å². The number of para-hydroxylation sites is 1. The Labute approximate surface area is 140 Å². The van der Waals surface area contributed by atoms with Crippen LogP contribution in [0.4, 0.5) is 5.69 Å². The molecule has 0 saturated carbocycles. The molecule has 6 nitrogen and oxygen atoms in total. The van der Waals surface area contributed by atoms with E-state index >= 15 is 0 Å². The first-order valence-corrected chi connectivity index (χ1v) is 7.89. The fraction of sp³-hybridized carbons (Fsp3) is 0.222. The Morgan fingerprint density at radius 3 is 2.62 bits per heavy atom. The molecule has 6 heteroatoms. The van der Waals surface area contributed by atoms with E-state index in [9.17, 15) is 14.7 Å². The molecule has 1 unspecified atom stereocenters. The lowest BCUT2D eigenvalue weighted by Gasteiger charge is -2.37. The molecule has 124 valence electrons. The Bertz CT molecular complexity index is 758. The van der Waals surface area contributed by atoms with Crippen LogP contribution in [-0.4, -0.2) is 28.1 Å². The van der Waals surface area contributed by atoms with E-state index in [1.165, 1.54) is 29.3 Å². The van der Waals surface area contributed by atoms with Crippen LogP contribution in [-0.2, 0) is 0 Å². The number of phenols is 1. The van der Waals surface area contributed by atoms with Gasteiger partial charge < -0.3 is 10.4 Å². The standard InChI is InChI=1S/C18H19N3O3/c1-2-5-16-19-15-7-4-3-6-14(15)18(24)21(16)20-17(23)12-8-10-13(22)11-9-12/h3-4,6-11,16,19,22H,2,5H2,1H3,(H,20,23). The fourth-order valence-corrected chi connectivity index (χ4v) is 2.70. The van der Waals surface area contributed by atoms with Crippen molar-refractivity contribution in [1.82, 2.24) is 10.4 Å². The highest BCUT2D eigenvalue weighted by atomic mass is 16.3. The van der Waals surface area contributed by atoms with Gasteiger partial charge in [-0.15, -0.1) is 0 Å². The third-order valence-electron chi connectivity index (χ3n) is 3.92. The van der Waals surface area contributed by atoms with Crippen LogP contribution in [0.1, 0.15) is 40.5 Å². The van der Waals surface area contributed by atoms with Gasteiger partial charge in [-0.25, -0.2) is 5.01 Å². The number of anilines is 1. The Kier molecular flexibility index (Phi) is 4.37. The summed E-state index contributed by atoms with van der Waals surface area (Å²) in [7, 11) is 0. The van der Waals surface area contributed by atoms with E-state index in [1.54, 1.807) is 12.1 Å². The molecule has 1 aliphatic heterocycles. The van der Waals surface area contributed by atoms with Crippen LogP contribution in [0.15, 0.2) is 48.5 Å². The van der Waals surface area contributed by atoms with Crippen molar-refractivity contribution in [3.63, 3.8) is 0 Å². The first-order valence-electron chi connectivity index (χ1n) is 7.89. The maximum absolute atomic E-state index is 12.8. The van der Waals surface area contributed by atoms with E-state index in [1.807, 2.05) is 19.1 Å². The average molecular weight is 325 g/mol. The maximum Gasteiger partial charge on any atom is 0.276 e. The predicted octanol–water partition coefficient (Wildman–Crippen LogP) is 2.73. The second-order valence-corrected chi connectivity index (χ2v) is 5.66. The third kappa shape index (κ3) is 3.03. The van der Waals surface area contributed by atoms with Gasteiger partial charge in [-0.1, -0.05) is 25.5 Å². The van der Waals surface area contributed by atoms with Gasteiger partial charge in [-0.05, 0) is 42.8 Å². The van der Waals surface area contributed by atoms with E-state index in [0.717, 1.165) is 12.1 Å². The van der Waals surface area contributed by atoms with Gasteiger partial charge >= 0.3 is 0 Å². The Morgan fingerprint density at radius 1 is 1.21 bits per heavy atom. The molecule has 0 bridgehead atoms. The molecule has 1 heterocycles. The number of carbonyl (C=O) groups excluding carboxylic acids is 2. The molecular weight excluding hydrogens is 306 g/mol. The minimum Gasteiger partial charge on any atom is -0.508 e. The lowest BCUT2D eigenvalue weighted by Crippen LogP contribution is -2.57. The van der Waals surface area contributed by atoms with Crippen LogP contribution in [0.25, 0.3) is 0 Å². The number of hydrazine groups is 1. The topological polar surface area (TPSA) is 81.7 Å². The van der Waals surface area contributed by atoms with Gasteiger partial charge in [0.05, 0.1) is 5.56 Å². The summed E-state index contributed by atoms with van der Waals surface area (Å²) >= 11 is 0.